The topological polar surface area (TPSA) is 95.6 Å². The minimum Gasteiger partial charge on any atom is -0.326 e. The van der Waals surface area contributed by atoms with Gasteiger partial charge in [0.15, 0.2) is 0 Å². The highest BCUT2D eigenvalue weighted by Gasteiger charge is 2.26. The van der Waals surface area contributed by atoms with Crippen LogP contribution in [0.1, 0.15) is 48.0 Å². The average Bonchev–Trinajstić information content (AvgIpc) is 3.04. The van der Waals surface area contributed by atoms with Crippen molar-refractivity contribution in [2.45, 2.75) is 43.4 Å². The summed E-state index contributed by atoms with van der Waals surface area (Å²) in [6, 6.07) is 11.5. The number of fused-ring (bicyclic) bond motifs is 1. The first-order chi connectivity index (χ1) is 14.4. The normalized spacial score (nSPS) is 17.5. The Kier molecular flexibility index (Phi) is 5.87. The highest BCUT2D eigenvalue weighted by molar-refractivity contribution is 7.89. The number of carbonyl (C=O) groups is 2. The number of nitrogens with one attached hydrogen (secondary N) is 2. The van der Waals surface area contributed by atoms with Gasteiger partial charge in [-0.1, -0.05) is 18.9 Å². The molecule has 4 rings (SSSR count). The Balaban J connectivity index is 1.52. The third kappa shape index (κ3) is 4.39. The van der Waals surface area contributed by atoms with Gasteiger partial charge in [0.1, 0.15) is 0 Å². The number of carbonyl (C=O) groups excluding carboxylic acids is 2. The second-order valence-corrected chi connectivity index (χ2v) is 9.66. The summed E-state index contributed by atoms with van der Waals surface area (Å²) in [5.41, 5.74) is 2.62. The second-order valence-electron chi connectivity index (χ2n) is 7.72. The van der Waals surface area contributed by atoms with Gasteiger partial charge in [-0.3, -0.25) is 9.59 Å². The maximum atomic E-state index is 13.0. The molecule has 2 amide bonds. The summed E-state index contributed by atoms with van der Waals surface area (Å²) in [4.78, 5) is 24.4. The van der Waals surface area contributed by atoms with Crippen LogP contribution in [0.15, 0.2) is 47.4 Å². The van der Waals surface area contributed by atoms with E-state index in [1.54, 1.807) is 30.3 Å². The first-order valence-electron chi connectivity index (χ1n) is 10.3. The Hall–Kier alpha value is -2.71. The lowest BCUT2D eigenvalue weighted by Crippen LogP contribution is -2.32. The summed E-state index contributed by atoms with van der Waals surface area (Å²) in [7, 11) is -3.62. The Morgan fingerprint density at radius 1 is 0.967 bits per heavy atom. The third-order valence-corrected chi connectivity index (χ3v) is 7.45. The van der Waals surface area contributed by atoms with Crippen molar-refractivity contribution < 1.29 is 18.0 Å². The van der Waals surface area contributed by atoms with E-state index in [0.717, 1.165) is 36.9 Å². The molecule has 0 bridgehead atoms. The molecule has 2 aromatic carbocycles. The van der Waals surface area contributed by atoms with Crippen LogP contribution in [0.5, 0.6) is 0 Å². The zero-order valence-electron chi connectivity index (χ0n) is 16.7. The summed E-state index contributed by atoms with van der Waals surface area (Å²) in [6.45, 7) is 1.04. The van der Waals surface area contributed by atoms with Gasteiger partial charge in [-0.05, 0) is 61.2 Å². The van der Waals surface area contributed by atoms with Gasteiger partial charge in [0.2, 0.25) is 15.9 Å². The molecule has 2 aromatic rings. The van der Waals surface area contributed by atoms with E-state index in [9.17, 15) is 18.0 Å². The van der Waals surface area contributed by atoms with Crippen LogP contribution in [0.25, 0.3) is 0 Å². The van der Waals surface area contributed by atoms with Gasteiger partial charge in [0.25, 0.3) is 5.91 Å². The molecule has 0 spiro atoms. The number of anilines is 2. The summed E-state index contributed by atoms with van der Waals surface area (Å²) >= 11 is 0. The Morgan fingerprint density at radius 3 is 2.50 bits per heavy atom. The maximum Gasteiger partial charge on any atom is 0.255 e. The van der Waals surface area contributed by atoms with Crippen LogP contribution in [0, 0.1) is 0 Å². The SMILES string of the molecule is O=C1CCc2cc(NC(=O)c3cccc(S(=O)(=O)N4CCCCCC4)c3)ccc2N1. The van der Waals surface area contributed by atoms with Crippen LogP contribution in [0.2, 0.25) is 0 Å². The molecule has 158 valence electrons. The lowest BCUT2D eigenvalue weighted by molar-refractivity contribution is -0.116. The highest BCUT2D eigenvalue weighted by atomic mass is 32.2. The van der Waals surface area contributed by atoms with Gasteiger partial charge >= 0.3 is 0 Å². The number of sulfonamides is 1. The van der Waals surface area contributed by atoms with E-state index in [1.807, 2.05) is 6.07 Å². The van der Waals surface area contributed by atoms with Crippen molar-refractivity contribution in [2.75, 3.05) is 23.7 Å². The first-order valence-corrected chi connectivity index (χ1v) is 11.7. The summed E-state index contributed by atoms with van der Waals surface area (Å²) < 4.78 is 27.6. The van der Waals surface area contributed by atoms with Crippen LogP contribution in [-0.2, 0) is 21.2 Å². The number of hydrogen-bond acceptors (Lipinski definition) is 4. The molecule has 2 aliphatic heterocycles. The van der Waals surface area contributed by atoms with Crippen molar-refractivity contribution in [1.82, 2.24) is 4.31 Å². The summed E-state index contributed by atoms with van der Waals surface area (Å²) in [5.74, 6) is -0.385. The molecular weight excluding hydrogens is 402 g/mol. The van der Waals surface area contributed by atoms with Crippen molar-refractivity contribution in [3.8, 4) is 0 Å². The molecule has 7 nitrogen and oxygen atoms in total. The number of amides is 2. The Labute approximate surface area is 176 Å². The molecular formula is C22H25N3O4S. The Bertz CT molecular complexity index is 1070. The smallest absolute Gasteiger partial charge is 0.255 e. The average molecular weight is 428 g/mol. The molecule has 2 heterocycles. The predicted molar refractivity (Wildman–Crippen MR) is 115 cm³/mol. The molecule has 0 saturated carbocycles. The number of aryl methyl sites for hydroxylation is 1. The van der Waals surface area contributed by atoms with Crippen molar-refractivity contribution in [3.63, 3.8) is 0 Å². The van der Waals surface area contributed by atoms with E-state index in [0.29, 0.717) is 31.6 Å². The van der Waals surface area contributed by atoms with E-state index in [1.165, 1.54) is 10.4 Å². The maximum absolute atomic E-state index is 13.0. The van der Waals surface area contributed by atoms with Gasteiger partial charge in [-0.25, -0.2) is 8.42 Å². The molecule has 2 aliphatic rings. The van der Waals surface area contributed by atoms with E-state index in [-0.39, 0.29) is 22.3 Å². The van der Waals surface area contributed by atoms with Gasteiger partial charge in [0.05, 0.1) is 4.90 Å². The lowest BCUT2D eigenvalue weighted by Gasteiger charge is -2.20. The monoisotopic (exact) mass is 427 g/mol. The van der Waals surface area contributed by atoms with E-state index in [4.69, 9.17) is 0 Å². The zero-order chi connectivity index (χ0) is 21.1. The number of rotatable bonds is 4. The standard InChI is InChI=1S/C22H25N3O4S/c26-21-11-8-16-14-18(9-10-20(16)24-21)23-22(27)17-6-5-7-19(15-17)30(28,29)25-12-3-1-2-4-13-25/h5-7,9-10,14-15H,1-4,8,11-13H2,(H,23,27)(H,24,26). The van der Waals surface area contributed by atoms with Crippen LogP contribution in [-0.4, -0.2) is 37.6 Å². The van der Waals surface area contributed by atoms with Crippen molar-refractivity contribution >= 4 is 33.2 Å². The fourth-order valence-electron chi connectivity index (χ4n) is 3.89. The van der Waals surface area contributed by atoms with Crippen LogP contribution in [0.3, 0.4) is 0 Å². The van der Waals surface area contributed by atoms with E-state index >= 15 is 0 Å². The number of nitrogens with zero attached hydrogens (tertiary/aromatic N) is 1. The molecule has 0 atom stereocenters. The van der Waals surface area contributed by atoms with Gasteiger partial charge in [0, 0.05) is 36.4 Å². The number of benzene rings is 2. The first kappa shape index (κ1) is 20.6. The molecule has 30 heavy (non-hydrogen) atoms. The largest absolute Gasteiger partial charge is 0.326 e. The van der Waals surface area contributed by atoms with Crippen LogP contribution >= 0.6 is 0 Å². The quantitative estimate of drug-likeness (QED) is 0.782. The fraction of sp³-hybridized carbons (Fsp3) is 0.364. The Morgan fingerprint density at radius 2 is 1.73 bits per heavy atom. The lowest BCUT2D eigenvalue weighted by atomic mass is 10.0. The zero-order valence-corrected chi connectivity index (χ0v) is 17.5. The molecule has 0 radical (unpaired) electrons. The van der Waals surface area contributed by atoms with Crippen molar-refractivity contribution in [2.24, 2.45) is 0 Å². The highest BCUT2D eigenvalue weighted by Crippen LogP contribution is 2.26. The fourth-order valence-corrected chi connectivity index (χ4v) is 5.46. The van der Waals surface area contributed by atoms with E-state index in [2.05, 4.69) is 10.6 Å². The molecule has 1 saturated heterocycles. The summed E-state index contributed by atoms with van der Waals surface area (Å²) in [6.07, 6.45) is 4.84. The van der Waals surface area contributed by atoms with Crippen LogP contribution in [0.4, 0.5) is 11.4 Å². The van der Waals surface area contributed by atoms with Crippen molar-refractivity contribution in [3.05, 3.63) is 53.6 Å². The van der Waals surface area contributed by atoms with Gasteiger partial charge < -0.3 is 10.6 Å². The summed E-state index contributed by atoms with van der Waals surface area (Å²) in [5, 5.41) is 5.64. The second kappa shape index (κ2) is 8.57. The molecule has 0 aromatic heterocycles. The number of hydrogen-bond donors (Lipinski definition) is 2. The van der Waals surface area contributed by atoms with Crippen LogP contribution < -0.4 is 10.6 Å². The minimum atomic E-state index is -3.62. The van der Waals surface area contributed by atoms with Gasteiger partial charge in [-0.2, -0.15) is 4.31 Å². The third-order valence-electron chi connectivity index (χ3n) is 5.56. The predicted octanol–water partition coefficient (Wildman–Crippen LogP) is 3.39. The molecule has 0 aliphatic carbocycles. The molecule has 0 unspecified atom stereocenters. The molecule has 8 heteroatoms. The van der Waals surface area contributed by atoms with Crippen molar-refractivity contribution in [1.29, 1.82) is 0 Å². The van der Waals surface area contributed by atoms with E-state index < -0.39 is 10.0 Å². The molecule has 2 N–H and O–H groups in total. The molecule has 1 fully saturated rings. The minimum absolute atomic E-state index is 0.0123. The van der Waals surface area contributed by atoms with Gasteiger partial charge in [-0.15, -0.1) is 0 Å².